The molecule has 0 bridgehead atoms. The van der Waals surface area contributed by atoms with Crippen LogP contribution in [0.3, 0.4) is 0 Å². The third kappa shape index (κ3) is 4.02. The van der Waals surface area contributed by atoms with Crippen LogP contribution >= 0.6 is 0 Å². The normalized spacial score (nSPS) is 19.5. The predicted molar refractivity (Wildman–Crippen MR) is 164 cm³/mol. The van der Waals surface area contributed by atoms with Gasteiger partial charge < -0.3 is 35.2 Å². The van der Waals surface area contributed by atoms with Gasteiger partial charge in [-0.15, -0.1) is 0 Å². The minimum Gasteiger partial charge on any atom is -0.464 e. The van der Waals surface area contributed by atoms with Crippen LogP contribution in [0.5, 0.6) is 0 Å². The van der Waals surface area contributed by atoms with Gasteiger partial charge in [-0.3, -0.25) is 19.2 Å². The lowest BCUT2D eigenvalue weighted by atomic mass is 9.85. The van der Waals surface area contributed by atoms with Gasteiger partial charge in [0.25, 0.3) is 11.8 Å². The van der Waals surface area contributed by atoms with Crippen LogP contribution in [0.15, 0.2) is 66.4 Å². The summed E-state index contributed by atoms with van der Waals surface area (Å²) < 4.78 is 4.76. The van der Waals surface area contributed by atoms with E-state index in [4.69, 9.17) is 4.74 Å². The predicted octanol–water partition coefficient (Wildman–Crippen LogP) is 4.47. The van der Waals surface area contributed by atoms with Crippen molar-refractivity contribution in [2.24, 2.45) is 5.92 Å². The van der Waals surface area contributed by atoms with E-state index in [2.05, 4.69) is 25.6 Å². The Hall–Kier alpha value is -5.91. The highest BCUT2D eigenvalue weighted by Crippen LogP contribution is 2.66. The number of hydrogen-bond donors (Lipinski definition) is 5. The number of allylic oxidation sites excluding steroid dienone is 2. The van der Waals surface area contributed by atoms with E-state index in [1.54, 1.807) is 59.5 Å². The number of piperidine rings is 1. The molecule has 0 unspecified atom stereocenters. The number of likely N-dealkylation sites (tertiary alicyclic amines) is 1. The Labute approximate surface area is 254 Å². The van der Waals surface area contributed by atoms with E-state index in [9.17, 15) is 24.0 Å². The van der Waals surface area contributed by atoms with E-state index < -0.39 is 11.9 Å². The molecule has 1 spiro atoms. The largest absolute Gasteiger partial charge is 0.464 e. The summed E-state index contributed by atoms with van der Waals surface area (Å²) in [4.78, 5) is 74.0. The highest BCUT2D eigenvalue weighted by atomic mass is 16.5. The monoisotopic (exact) mass is 602 g/mol. The Morgan fingerprint density at radius 2 is 1.44 bits per heavy atom. The number of nitrogens with zero attached hydrogens (tertiary/aromatic N) is 1. The fourth-order valence-electron chi connectivity index (χ4n) is 6.88. The molecule has 224 valence electrons. The van der Waals surface area contributed by atoms with Crippen molar-refractivity contribution in [2.75, 3.05) is 24.3 Å². The fourth-order valence-corrected chi connectivity index (χ4v) is 6.88. The average molecular weight is 603 g/mol. The second-order valence-electron chi connectivity index (χ2n) is 11.7. The molecule has 1 saturated carbocycles. The highest BCUT2D eigenvalue weighted by Gasteiger charge is 2.67. The Kier molecular flexibility index (Phi) is 5.51. The molecule has 2 aliphatic carbocycles. The van der Waals surface area contributed by atoms with Crippen molar-refractivity contribution in [3.8, 4) is 0 Å². The summed E-state index contributed by atoms with van der Waals surface area (Å²) in [5.41, 5.74) is 4.93. The van der Waals surface area contributed by atoms with E-state index in [-0.39, 0.29) is 34.6 Å². The summed E-state index contributed by atoms with van der Waals surface area (Å²) in [6.07, 6.45) is 2.38. The van der Waals surface area contributed by atoms with Crippen molar-refractivity contribution in [3.05, 3.63) is 94.7 Å². The first kappa shape index (κ1) is 26.7. The van der Waals surface area contributed by atoms with Crippen molar-refractivity contribution in [2.45, 2.75) is 18.8 Å². The molecule has 12 heteroatoms. The number of ether oxygens (including phenoxy) is 1. The van der Waals surface area contributed by atoms with Crippen LogP contribution in [0.4, 0.5) is 11.4 Å². The summed E-state index contributed by atoms with van der Waals surface area (Å²) in [6.45, 7) is 2.08. The molecule has 3 amide bonds. The van der Waals surface area contributed by atoms with E-state index in [0.29, 0.717) is 45.9 Å². The topological polar surface area (TPSA) is 169 Å². The molecular formula is C33H26N6O6. The first-order chi connectivity index (χ1) is 21.6. The van der Waals surface area contributed by atoms with E-state index in [1.165, 1.54) is 20.1 Å². The fraction of sp³-hybridized carbons (Fsp3) is 0.182. The summed E-state index contributed by atoms with van der Waals surface area (Å²) in [6, 6.07) is 15.6. The van der Waals surface area contributed by atoms with E-state index in [1.807, 2.05) is 0 Å². The van der Waals surface area contributed by atoms with Crippen molar-refractivity contribution in [3.63, 3.8) is 0 Å². The number of amides is 3. The minimum atomic E-state index is -0.481. The van der Waals surface area contributed by atoms with E-state index in [0.717, 1.165) is 28.6 Å². The summed E-state index contributed by atoms with van der Waals surface area (Å²) in [5, 5.41) is 7.20. The van der Waals surface area contributed by atoms with Gasteiger partial charge in [0.2, 0.25) is 11.7 Å². The molecule has 2 aromatic carbocycles. The zero-order chi connectivity index (χ0) is 31.2. The Morgan fingerprint density at radius 3 is 2.07 bits per heavy atom. The number of nitrogens with one attached hydrogen (secondary N) is 5. The molecule has 0 radical (unpaired) electrons. The van der Waals surface area contributed by atoms with Crippen LogP contribution in [-0.4, -0.2) is 63.0 Å². The molecule has 3 aliphatic rings. The van der Waals surface area contributed by atoms with Gasteiger partial charge in [-0.25, -0.2) is 4.79 Å². The number of esters is 1. The number of rotatable bonds is 5. The average Bonchev–Trinajstić information content (AvgIpc) is 3.50. The molecule has 12 nitrogen and oxygen atoms in total. The number of H-pyrrole nitrogens is 3. The van der Waals surface area contributed by atoms with Gasteiger partial charge >= 0.3 is 5.97 Å². The Bertz CT molecular complexity index is 2200. The first-order valence-corrected chi connectivity index (χ1v) is 14.4. The number of carbonyl (C=O) groups is 5. The quantitative estimate of drug-likeness (QED) is 0.186. The van der Waals surface area contributed by atoms with Gasteiger partial charge in [0.1, 0.15) is 17.1 Å². The number of anilines is 2. The van der Waals surface area contributed by atoms with Gasteiger partial charge in [-0.05, 0) is 72.5 Å². The van der Waals surface area contributed by atoms with Crippen molar-refractivity contribution < 1.29 is 28.7 Å². The van der Waals surface area contributed by atoms with Crippen LogP contribution < -0.4 is 10.6 Å². The van der Waals surface area contributed by atoms with Crippen molar-refractivity contribution in [1.29, 1.82) is 0 Å². The molecule has 3 aromatic heterocycles. The van der Waals surface area contributed by atoms with Crippen LogP contribution in [0, 0.1) is 5.92 Å². The SMILES string of the molecule is COC(=O)c1cc2cc(NC(=O)c3cc4cc(NC(=O)c5cc6c([nH]5)C(=O)C=C5N(C(C)=O)C[C@H]7C[C@]567)ccc4[nH]3)ccc2[nH]1. The highest BCUT2D eigenvalue weighted by molar-refractivity contribution is 6.11. The number of aromatic nitrogens is 3. The Morgan fingerprint density at radius 1 is 0.844 bits per heavy atom. The molecule has 2 atom stereocenters. The molecule has 4 heterocycles. The van der Waals surface area contributed by atoms with Crippen LogP contribution in [0.1, 0.15) is 60.9 Å². The number of benzene rings is 2. The third-order valence-electron chi connectivity index (χ3n) is 9.10. The number of fused-ring (bicyclic) bond motifs is 3. The second kappa shape index (κ2) is 9.29. The summed E-state index contributed by atoms with van der Waals surface area (Å²) in [5.74, 6) is -1.34. The molecule has 5 N–H and O–H groups in total. The Balaban J connectivity index is 0.991. The second-order valence-corrected chi connectivity index (χ2v) is 11.7. The van der Waals surface area contributed by atoms with Gasteiger partial charge in [0, 0.05) is 63.8 Å². The molecule has 5 aromatic rings. The lowest BCUT2D eigenvalue weighted by molar-refractivity contribution is -0.126. The molecule has 8 rings (SSSR count). The maximum absolute atomic E-state index is 13.3. The zero-order valence-electron chi connectivity index (χ0n) is 24.2. The maximum Gasteiger partial charge on any atom is 0.354 e. The van der Waals surface area contributed by atoms with Gasteiger partial charge in [0.05, 0.1) is 12.8 Å². The van der Waals surface area contributed by atoms with E-state index >= 15 is 0 Å². The molecule has 1 saturated heterocycles. The van der Waals surface area contributed by atoms with Gasteiger partial charge in [-0.1, -0.05) is 0 Å². The standard InChI is InChI=1S/C33H26N6O6/c1-15(40)39-14-18-13-33(18)21-11-25(38-29(21)27(41)12-28(33)39)31(43)35-19-3-5-22-16(7-19)9-24(36-22)30(42)34-20-4-6-23-17(8-20)10-26(37-23)32(44)45-2/h3-12,18,36-38H,13-14H2,1-2H3,(H,34,42)(H,35,43)/t18-,33-/m1/s1. The van der Waals surface area contributed by atoms with Crippen LogP contribution in [-0.2, 0) is 14.9 Å². The number of ketones is 1. The number of methoxy groups -OCH3 is 1. The van der Waals surface area contributed by atoms with Gasteiger partial charge in [0.15, 0.2) is 0 Å². The maximum atomic E-state index is 13.3. The number of aromatic amines is 3. The lowest BCUT2D eigenvalue weighted by Crippen LogP contribution is -2.31. The first-order valence-electron chi connectivity index (χ1n) is 14.4. The lowest BCUT2D eigenvalue weighted by Gasteiger charge is -2.26. The number of hydrogen-bond acceptors (Lipinski definition) is 6. The summed E-state index contributed by atoms with van der Waals surface area (Å²) in [7, 11) is 1.31. The molecule has 1 aliphatic heterocycles. The smallest absolute Gasteiger partial charge is 0.354 e. The van der Waals surface area contributed by atoms with Crippen LogP contribution in [0.2, 0.25) is 0 Å². The molecule has 45 heavy (non-hydrogen) atoms. The molecular weight excluding hydrogens is 576 g/mol. The minimum absolute atomic E-state index is 0.0906. The van der Waals surface area contributed by atoms with Crippen molar-refractivity contribution >= 4 is 62.7 Å². The number of carbonyl (C=O) groups excluding carboxylic acids is 5. The summed E-state index contributed by atoms with van der Waals surface area (Å²) >= 11 is 0. The van der Waals surface area contributed by atoms with Crippen LogP contribution in [0.25, 0.3) is 21.8 Å². The third-order valence-corrected chi connectivity index (χ3v) is 9.10. The van der Waals surface area contributed by atoms with Crippen molar-refractivity contribution in [1.82, 2.24) is 19.9 Å². The zero-order valence-corrected chi connectivity index (χ0v) is 24.2. The van der Waals surface area contributed by atoms with Gasteiger partial charge in [-0.2, -0.15) is 0 Å². The molecule has 2 fully saturated rings.